The molecule has 1 fully saturated rings. The van der Waals surface area contributed by atoms with Crippen LogP contribution in [0.1, 0.15) is 17.3 Å². The maximum atomic E-state index is 12.4. The van der Waals surface area contributed by atoms with Crippen molar-refractivity contribution in [2.75, 3.05) is 19.6 Å². The van der Waals surface area contributed by atoms with E-state index < -0.39 is 6.61 Å². The van der Waals surface area contributed by atoms with Crippen molar-refractivity contribution in [3.05, 3.63) is 29.8 Å². The first-order valence-electron chi connectivity index (χ1n) is 6.69. The van der Waals surface area contributed by atoms with Gasteiger partial charge in [-0.2, -0.15) is 8.78 Å². The molecule has 21 heavy (non-hydrogen) atoms. The molecule has 2 unspecified atom stereocenters. The van der Waals surface area contributed by atoms with Crippen molar-refractivity contribution in [2.45, 2.75) is 25.7 Å². The first kappa shape index (κ1) is 15.7. The van der Waals surface area contributed by atoms with E-state index in [1.807, 2.05) is 6.92 Å². The van der Waals surface area contributed by atoms with Crippen LogP contribution < -0.4 is 10.5 Å². The summed E-state index contributed by atoms with van der Waals surface area (Å²) in [4.78, 5) is 14.0. The van der Waals surface area contributed by atoms with Gasteiger partial charge in [0.2, 0.25) is 0 Å². The Kier molecular flexibility index (Phi) is 5.08. The van der Waals surface area contributed by atoms with Crippen molar-refractivity contribution in [3.63, 3.8) is 0 Å². The summed E-state index contributed by atoms with van der Waals surface area (Å²) in [5.74, 6) is -0.149. The average Bonchev–Trinajstić information content (AvgIpc) is 2.46. The highest BCUT2D eigenvalue weighted by Gasteiger charge is 2.28. The number of ether oxygens (including phenoxy) is 2. The van der Waals surface area contributed by atoms with E-state index in [4.69, 9.17) is 10.5 Å². The summed E-state index contributed by atoms with van der Waals surface area (Å²) in [5.41, 5.74) is 6.00. The number of nitrogens with zero attached hydrogens (tertiary/aromatic N) is 1. The molecular formula is C14H18F2N2O3. The molecule has 0 spiro atoms. The largest absolute Gasteiger partial charge is 0.435 e. The molecular weight excluding hydrogens is 282 g/mol. The van der Waals surface area contributed by atoms with Gasteiger partial charge < -0.3 is 20.1 Å². The Hall–Kier alpha value is -1.73. The average molecular weight is 300 g/mol. The Morgan fingerprint density at radius 3 is 2.67 bits per heavy atom. The van der Waals surface area contributed by atoms with Gasteiger partial charge in [0.25, 0.3) is 5.91 Å². The van der Waals surface area contributed by atoms with Crippen LogP contribution in [0.3, 0.4) is 0 Å². The van der Waals surface area contributed by atoms with Crippen molar-refractivity contribution in [3.8, 4) is 5.75 Å². The number of carbonyl (C=O) groups is 1. The number of nitrogens with two attached hydrogens (primary N) is 1. The van der Waals surface area contributed by atoms with Gasteiger partial charge in [-0.25, -0.2) is 0 Å². The lowest BCUT2D eigenvalue weighted by molar-refractivity contribution is -0.0626. The number of hydrogen-bond donors (Lipinski definition) is 1. The van der Waals surface area contributed by atoms with Crippen molar-refractivity contribution in [1.82, 2.24) is 4.90 Å². The van der Waals surface area contributed by atoms with E-state index >= 15 is 0 Å². The molecule has 1 amide bonds. The van der Waals surface area contributed by atoms with E-state index in [0.717, 1.165) is 0 Å². The third kappa shape index (κ3) is 4.12. The molecule has 0 aliphatic carbocycles. The van der Waals surface area contributed by atoms with E-state index in [0.29, 0.717) is 25.2 Å². The van der Waals surface area contributed by atoms with Gasteiger partial charge in [-0.3, -0.25) is 4.79 Å². The van der Waals surface area contributed by atoms with E-state index in [2.05, 4.69) is 4.74 Å². The summed E-state index contributed by atoms with van der Waals surface area (Å²) in [5, 5.41) is 0. The summed E-state index contributed by atoms with van der Waals surface area (Å²) in [6.07, 6.45) is -0.267. The fourth-order valence-corrected chi connectivity index (χ4v) is 2.30. The normalized spacial score (nSPS) is 22.4. The van der Waals surface area contributed by atoms with Gasteiger partial charge in [0.1, 0.15) is 5.75 Å². The molecule has 1 saturated heterocycles. The third-order valence-corrected chi connectivity index (χ3v) is 3.20. The van der Waals surface area contributed by atoms with Crippen LogP contribution in [-0.4, -0.2) is 49.3 Å². The summed E-state index contributed by atoms with van der Waals surface area (Å²) in [6, 6.07) is 5.64. The molecule has 116 valence electrons. The number of alkyl halides is 2. The topological polar surface area (TPSA) is 64.8 Å². The van der Waals surface area contributed by atoms with Crippen LogP contribution in [0.4, 0.5) is 8.78 Å². The zero-order chi connectivity index (χ0) is 15.4. The zero-order valence-corrected chi connectivity index (χ0v) is 11.7. The summed E-state index contributed by atoms with van der Waals surface area (Å²) in [7, 11) is 0. The Morgan fingerprint density at radius 1 is 1.43 bits per heavy atom. The molecule has 2 rings (SSSR count). The fourth-order valence-electron chi connectivity index (χ4n) is 2.30. The van der Waals surface area contributed by atoms with Crippen LogP contribution in [0, 0.1) is 0 Å². The first-order valence-corrected chi connectivity index (χ1v) is 6.69. The highest BCUT2D eigenvalue weighted by molar-refractivity contribution is 5.94. The highest BCUT2D eigenvalue weighted by Crippen LogP contribution is 2.18. The minimum Gasteiger partial charge on any atom is -0.435 e. The molecule has 1 aromatic carbocycles. The van der Waals surface area contributed by atoms with Gasteiger partial charge in [-0.1, -0.05) is 0 Å². The fraction of sp³-hybridized carbons (Fsp3) is 0.500. The number of halogens is 2. The molecule has 0 radical (unpaired) electrons. The minimum atomic E-state index is -2.88. The van der Waals surface area contributed by atoms with Crippen LogP contribution in [0.15, 0.2) is 24.3 Å². The zero-order valence-electron chi connectivity index (χ0n) is 11.7. The van der Waals surface area contributed by atoms with Gasteiger partial charge >= 0.3 is 6.61 Å². The quantitative estimate of drug-likeness (QED) is 0.914. The molecule has 0 bridgehead atoms. The molecule has 5 nitrogen and oxygen atoms in total. The monoisotopic (exact) mass is 300 g/mol. The van der Waals surface area contributed by atoms with E-state index in [1.165, 1.54) is 24.3 Å². The molecule has 1 aliphatic rings. The number of morpholine rings is 1. The molecule has 0 aromatic heterocycles. The molecule has 1 heterocycles. The Morgan fingerprint density at radius 2 is 2.10 bits per heavy atom. The maximum Gasteiger partial charge on any atom is 0.387 e. The van der Waals surface area contributed by atoms with Crippen LogP contribution in [0.25, 0.3) is 0 Å². The molecule has 2 N–H and O–H groups in total. The maximum absolute atomic E-state index is 12.4. The lowest BCUT2D eigenvalue weighted by atomic mass is 10.1. The Labute approximate surface area is 121 Å². The molecule has 0 saturated carbocycles. The van der Waals surface area contributed by atoms with Crippen LogP contribution in [0.2, 0.25) is 0 Å². The van der Waals surface area contributed by atoms with Crippen molar-refractivity contribution in [2.24, 2.45) is 5.73 Å². The third-order valence-electron chi connectivity index (χ3n) is 3.20. The Bertz CT molecular complexity index is 482. The molecule has 1 aliphatic heterocycles. The Balaban J connectivity index is 2.05. The second-order valence-electron chi connectivity index (χ2n) is 4.92. The SMILES string of the molecule is CC1CN(C(=O)c2ccc(OC(F)F)cc2)CC(CN)O1. The predicted molar refractivity (Wildman–Crippen MR) is 72.4 cm³/mol. The second-order valence-corrected chi connectivity index (χ2v) is 4.92. The molecule has 1 aromatic rings. The van der Waals surface area contributed by atoms with Crippen LogP contribution in [0.5, 0.6) is 5.75 Å². The number of benzene rings is 1. The number of carbonyl (C=O) groups excluding carboxylic acids is 1. The summed E-state index contributed by atoms with van der Waals surface area (Å²) < 4.78 is 34.0. The smallest absolute Gasteiger partial charge is 0.387 e. The van der Waals surface area contributed by atoms with E-state index in [9.17, 15) is 13.6 Å². The van der Waals surface area contributed by atoms with E-state index in [-0.39, 0.29) is 23.9 Å². The van der Waals surface area contributed by atoms with Gasteiger partial charge in [-0.05, 0) is 31.2 Å². The lowest BCUT2D eigenvalue weighted by Gasteiger charge is -2.36. The van der Waals surface area contributed by atoms with Crippen LogP contribution >= 0.6 is 0 Å². The van der Waals surface area contributed by atoms with Gasteiger partial charge in [-0.15, -0.1) is 0 Å². The number of hydrogen-bond acceptors (Lipinski definition) is 4. The standard InChI is InChI=1S/C14H18F2N2O3/c1-9-7-18(8-12(6-17)20-9)13(19)10-2-4-11(5-3-10)21-14(15)16/h2-5,9,12,14H,6-8,17H2,1H3. The second kappa shape index (κ2) is 6.82. The van der Waals surface area contributed by atoms with Crippen LogP contribution in [-0.2, 0) is 4.74 Å². The first-order chi connectivity index (χ1) is 9.99. The van der Waals surface area contributed by atoms with Crippen molar-refractivity contribution >= 4 is 5.91 Å². The number of amides is 1. The van der Waals surface area contributed by atoms with Gasteiger partial charge in [0, 0.05) is 25.2 Å². The molecule has 7 heteroatoms. The summed E-state index contributed by atoms with van der Waals surface area (Å²) >= 11 is 0. The highest BCUT2D eigenvalue weighted by atomic mass is 19.3. The van der Waals surface area contributed by atoms with Gasteiger partial charge in [0.15, 0.2) is 0 Å². The molecule has 2 atom stereocenters. The van der Waals surface area contributed by atoms with E-state index in [1.54, 1.807) is 4.90 Å². The van der Waals surface area contributed by atoms with Crippen molar-refractivity contribution < 1.29 is 23.0 Å². The lowest BCUT2D eigenvalue weighted by Crippen LogP contribution is -2.51. The minimum absolute atomic E-state index is 0.0248. The van der Waals surface area contributed by atoms with Gasteiger partial charge in [0.05, 0.1) is 12.2 Å². The predicted octanol–water partition coefficient (Wildman–Crippen LogP) is 1.48. The number of rotatable bonds is 4. The summed E-state index contributed by atoms with van der Waals surface area (Å²) in [6.45, 7) is 0.244. The van der Waals surface area contributed by atoms with Crippen molar-refractivity contribution in [1.29, 1.82) is 0 Å².